The first-order valence-electron chi connectivity index (χ1n) is 12.3. The maximum absolute atomic E-state index is 13.1. The Balaban J connectivity index is 1.37. The van der Waals surface area contributed by atoms with Crippen LogP contribution in [0.2, 0.25) is 0 Å². The van der Waals surface area contributed by atoms with Crippen molar-refractivity contribution in [3.05, 3.63) is 96.7 Å². The molecule has 0 unspecified atom stereocenters. The smallest absolute Gasteiger partial charge is 0.419 e. The van der Waals surface area contributed by atoms with Gasteiger partial charge in [-0.05, 0) is 56.7 Å². The number of anilines is 3. The minimum absolute atomic E-state index is 0.139. The Labute approximate surface area is 226 Å². The Hall–Kier alpha value is -4.57. The van der Waals surface area contributed by atoms with Crippen LogP contribution in [0.15, 0.2) is 95.5 Å². The van der Waals surface area contributed by atoms with Gasteiger partial charge in [0, 0.05) is 11.1 Å². The number of carbonyl (C=O) groups is 1. The highest BCUT2D eigenvalue weighted by molar-refractivity contribution is 7.91. The van der Waals surface area contributed by atoms with Crippen LogP contribution in [0.3, 0.4) is 0 Å². The maximum atomic E-state index is 13.1. The third-order valence-electron chi connectivity index (χ3n) is 5.63. The summed E-state index contributed by atoms with van der Waals surface area (Å²) in [5.74, 6) is 0.222. The lowest BCUT2D eigenvalue weighted by Crippen LogP contribution is -2.27. The molecular formula is C29H28N4O5S. The number of sulfonamides is 1. The van der Waals surface area contributed by atoms with Crippen molar-refractivity contribution in [2.75, 3.05) is 10.0 Å². The number of hydrogen-bond acceptors (Lipinski definition) is 7. The molecule has 200 valence electrons. The summed E-state index contributed by atoms with van der Waals surface area (Å²) < 4.78 is 40.9. The summed E-state index contributed by atoms with van der Waals surface area (Å²) in [5, 5.41) is 3.90. The van der Waals surface area contributed by atoms with Crippen molar-refractivity contribution in [2.24, 2.45) is 0 Å². The van der Waals surface area contributed by atoms with Gasteiger partial charge in [0.15, 0.2) is 5.76 Å². The molecule has 0 saturated carbocycles. The zero-order chi connectivity index (χ0) is 27.6. The number of carbonyl (C=O) groups excluding carboxylic acids is 1. The monoisotopic (exact) mass is 544 g/mol. The number of hydrogen-bond donors (Lipinski definition) is 2. The van der Waals surface area contributed by atoms with Crippen LogP contribution in [0.5, 0.6) is 0 Å². The molecule has 0 bridgehead atoms. The predicted octanol–water partition coefficient (Wildman–Crippen LogP) is 6.77. The van der Waals surface area contributed by atoms with E-state index in [9.17, 15) is 13.2 Å². The number of rotatable bonds is 7. The second-order valence-electron chi connectivity index (χ2n) is 9.99. The van der Waals surface area contributed by atoms with Crippen molar-refractivity contribution in [1.82, 2.24) is 9.55 Å². The molecule has 5 aromatic rings. The van der Waals surface area contributed by atoms with E-state index < -0.39 is 21.7 Å². The number of para-hydroxylation sites is 1. The van der Waals surface area contributed by atoms with Crippen LogP contribution in [-0.2, 0) is 20.5 Å². The first-order valence-corrected chi connectivity index (χ1v) is 13.9. The Morgan fingerprint density at radius 2 is 1.67 bits per heavy atom. The Bertz CT molecular complexity index is 1730. The topological polar surface area (TPSA) is 115 Å². The molecule has 2 heterocycles. The van der Waals surface area contributed by atoms with Crippen LogP contribution >= 0.6 is 0 Å². The number of fused-ring (bicyclic) bond motifs is 1. The second kappa shape index (κ2) is 10.3. The van der Waals surface area contributed by atoms with Crippen LogP contribution in [-0.4, -0.2) is 29.7 Å². The molecule has 0 amide bonds. The number of nitrogens with one attached hydrogen (secondary N) is 2. The lowest BCUT2D eigenvalue weighted by molar-refractivity contribution is 0.0546. The first kappa shape index (κ1) is 26.1. The summed E-state index contributed by atoms with van der Waals surface area (Å²) in [7, 11) is -3.61. The standard InChI is InChI=1S/C29H28N4O5S/c1-29(2,3)38-28(34)33-24-15-8-7-12-21(24)16-25(33)26-18-30-27(37-26)31-22-13-9-14-23(17-22)32-39(35,36)19-20-10-5-4-6-11-20/h4-18,32H,19H2,1-3H3,(H,30,31). The molecule has 0 aliphatic carbocycles. The molecule has 0 aliphatic rings. The first-order chi connectivity index (χ1) is 18.6. The molecule has 10 heteroatoms. The van der Waals surface area contributed by atoms with Crippen molar-refractivity contribution in [3.8, 4) is 11.5 Å². The van der Waals surface area contributed by atoms with Crippen LogP contribution < -0.4 is 10.0 Å². The van der Waals surface area contributed by atoms with Gasteiger partial charge < -0.3 is 14.5 Å². The van der Waals surface area contributed by atoms with Crippen LogP contribution in [0.1, 0.15) is 26.3 Å². The fraction of sp³-hybridized carbons (Fsp3) is 0.172. The molecule has 0 fully saturated rings. The normalized spacial score (nSPS) is 11.9. The molecule has 2 N–H and O–H groups in total. The van der Waals surface area contributed by atoms with Crippen molar-refractivity contribution in [1.29, 1.82) is 0 Å². The van der Waals surface area contributed by atoms with Gasteiger partial charge in [0.05, 0.1) is 28.8 Å². The number of ether oxygens (including phenoxy) is 1. The Kier molecular flexibility index (Phi) is 6.88. The summed E-state index contributed by atoms with van der Waals surface area (Å²) in [6.45, 7) is 5.42. The maximum Gasteiger partial charge on any atom is 0.419 e. The van der Waals surface area contributed by atoms with Gasteiger partial charge in [-0.2, -0.15) is 0 Å². The van der Waals surface area contributed by atoms with Crippen molar-refractivity contribution in [3.63, 3.8) is 0 Å². The average Bonchev–Trinajstić information content (AvgIpc) is 3.47. The van der Waals surface area contributed by atoms with Crippen LogP contribution in [0.4, 0.5) is 22.2 Å². The van der Waals surface area contributed by atoms with Gasteiger partial charge in [-0.15, -0.1) is 0 Å². The average molecular weight is 545 g/mol. The van der Waals surface area contributed by atoms with E-state index in [2.05, 4.69) is 15.0 Å². The zero-order valence-electron chi connectivity index (χ0n) is 21.7. The van der Waals surface area contributed by atoms with Gasteiger partial charge >= 0.3 is 6.09 Å². The van der Waals surface area contributed by atoms with Crippen LogP contribution in [0.25, 0.3) is 22.4 Å². The fourth-order valence-electron chi connectivity index (χ4n) is 4.08. The second-order valence-corrected chi connectivity index (χ2v) is 11.7. The van der Waals surface area contributed by atoms with Crippen molar-refractivity contribution in [2.45, 2.75) is 32.1 Å². The molecule has 2 aromatic heterocycles. The summed E-state index contributed by atoms with van der Waals surface area (Å²) in [5.41, 5.74) is 2.15. The Morgan fingerprint density at radius 1 is 0.949 bits per heavy atom. The molecule has 39 heavy (non-hydrogen) atoms. The molecular weight excluding hydrogens is 516 g/mol. The number of oxazole rings is 1. The number of nitrogens with zero attached hydrogens (tertiary/aromatic N) is 2. The third-order valence-corrected chi connectivity index (χ3v) is 6.89. The van der Waals surface area contributed by atoms with E-state index in [-0.39, 0.29) is 11.8 Å². The highest BCUT2D eigenvalue weighted by atomic mass is 32.2. The minimum atomic E-state index is -3.61. The van der Waals surface area contributed by atoms with E-state index in [0.29, 0.717) is 33.9 Å². The molecule has 0 saturated heterocycles. The van der Waals surface area contributed by atoms with Crippen molar-refractivity contribution >= 4 is 44.4 Å². The van der Waals surface area contributed by atoms with E-state index in [0.717, 1.165) is 5.39 Å². The Morgan fingerprint density at radius 3 is 2.44 bits per heavy atom. The van der Waals surface area contributed by atoms with E-state index in [4.69, 9.17) is 9.15 Å². The summed E-state index contributed by atoms with van der Waals surface area (Å²) >= 11 is 0. The van der Waals surface area contributed by atoms with E-state index in [1.807, 2.05) is 57.2 Å². The molecule has 0 aliphatic heterocycles. The quantitative estimate of drug-likeness (QED) is 0.232. The van der Waals surface area contributed by atoms with Gasteiger partial charge in [-0.25, -0.2) is 22.8 Å². The predicted molar refractivity (Wildman–Crippen MR) is 151 cm³/mol. The SMILES string of the molecule is CC(C)(C)OC(=O)n1c(-c2cnc(Nc3cccc(NS(=O)(=O)Cc4ccccc4)c3)o2)cc2ccccc21. The van der Waals surface area contributed by atoms with Crippen molar-refractivity contribution < 1.29 is 22.4 Å². The van der Waals surface area contributed by atoms with E-state index in [1.165, 1.54) is 10.8 Å². The van der Waals surface area contributed by atoms with Gasteiger partial charge in [0.25, 0.3) is 6.01 Å². The molecule has 0 atom stereocenters. The number of aromatic nitrogens is 2. The van der Waals surface area contributed by atoms with Crippen LogP contribution in [0, 0.1) is 0 Å². The van der Waals surface area contributed by atoms with Gasteiger partial charge in [0.2, 0.25) is 10.0 Å². The summed E-state index contributed by atoms with van der Waals surface area (Å²) in [6, 6.07) is 25.2. The largest absolute Gasteiger partial charge is 0.443 e. The summed E-state index contributed by atoms with van der Waals surface area (Å²) in [6.07, 6.45) is 0.990. The highest BCUT2D eigenvalue weighted by Crippen LogP contribution is 2.31. The molecule has 0 radical (unpaired) electrons. The summed E-state index contributed by atoms with van der Waals surface area (Å²) in [4.78, 5) is 17.4. The zero-order valence-corrected chi connectivity index (χ0v) is 22.5. The molecule has 9 nitrogen and oxygen atoms in total. The van der Waals surface area contributed by atoms with Gasteiger partial charge in [-0.3, -0.25) is 4.72 Å². The number of benzene rings is 3. The van der Waals surface area contributed by atoms with Gasteiger partial charge in [0.1, 0.15) is 5.60 Å². The third kappa shape index (κ3) is 6.29. The molecule has 3 aromatic carbocycles. The minimum Gasteiger partial charge on any atom is -0.443 e. The van der Waals surface area contributed by atoms with Gasteiger partial charge in [-0.1, -0.05) is 54.6 Å². The lowest BCUT2D eigenvalue weighted by atomic mass is 10.2. The molecule has 5 rings (SSSR count). The molecule has 0 spiro atoms. The fourth-order valence-corrected chi connectivity index (χ4v) is 5.27. The van der Waals surface area contributed by atoms with E-state index in [1.54, 1.807) is 48.5 Å². The lowest BCUT2D eigenvalue weighted by Gasteiger charge is -2.20. The van der Waals surface area contributed by atoms with E-state index >= 15 is 0 Å². The highest BCUT2D eigenvalue weighted by Gasteiger charge is 2.24.